The van der Waals surface area contributed by atoms with Crippen molar-refractivity contribution in [2.45, 2.75) is 32.1 Å². The molecule has 0 aromatic carbocycles. The highest BCUT2D eigenvalue weighted by molar-refractivity contribution is 4.89. The fourth-order valence-corrected chi connectivity index (χ4v) is 3.19. The molecule has 3 heteroatoms. The van der Waals surface area contributed by atoms with Crippen molar-refractivity contribution in [3.63, 3.8) is 0 Å². The van der Waals surface area contributed by atoms with Crippen LogP contribution in [0.3, 0.4) is 0 Å². The van der Waals surface area contributed by atoms with Crippen LogP contribution in [0.1, 0.15) is 32.1 Å². The van der Waals surface area contributed by atoms with E-state index in [2.05, 4.69) is 15.5 Å². The summed E-state index contributed by atoms with van der Waals surface area (Å²) in [6, 6.07) is 0. The SMILES string of the molecule is CNCCCN1CCC2(CCNCC2)CC1. The molecule has 0 atom stereocenters. The van der Waals surface area contributed by atoms with Crippen molar-refractivity contribution in [3.8, 4) is 0 Å². The van der Waals surface area contributed by atoms with Gasteiger partial charge in [0.05, 0.1) is 0 Å². The van der Waals surface area contributed by atoms with E-state index >= 15 is 0 Å². The van der Waals surface area contributed by atoms with Gasteiger partial charge in [0.1, 0.15) is 0 Å². The molecule has 2 aliphatic heterocycles. The number of rotatable bonds is 4. The maximum atomic E-state index is 3.49. The molecule has 16 heavy (non-hydrogen) atoms. The molecule has 0 amide bonds. The molecule has 2 aliphatic rings. The summed E-state index contributed by atoms with van der Waals surface area (Å²) in [5.74, 6) is 0. The Morgan fingerprint density at radius 3 is 2.44 bits per heavy atom. The lowest BCUT2D eigenvalue weighted by Gasteiger charge is -2.44. The Bertz CT molecular complexity index is 189. The summed E-state index contributed by atoms with van der Waals surface area (Å²) in [7, 11) is 2.04. The zero-order valence-electron chi connectivity index (χ0n) is 10.7. The minimum atomic E-state index is 0.713. The van der Waals surface area contributed by atoms with Crippen molar-refractivity contribution in [1.82, 2.24) is 15.5 Å². The van der Waals surface area contributed by atoms with Crippen LogP contribution >= 0.6 is 0 Å². The number of nitrogens with one attached hydrogen (secondary N) is 2. The van der Waals surface area contributed by atoms with Gasteiger partial charge in [0.2, 0.25) is 0 Å². The topological polar surface area (TPSA) is 27.3 Å². The first-order valence-corrected chi connectivity index (χ1v) is 6.92. The number of hydrogen-bond acceptors (Lipinski definition) is 3. The average Bonchev–Trinajstić information content (AvgIpc) is 2.33. The van der Waals surface area contributed by atoms with Crippen LogP contribution in [0.5, 0.6) is 0 Å². The average molecular weight is 225 g/mol. The first kappa shape index (κ1) is 12.3. The maximum absolute atomic E-state index is 3.49. The minimum absolute atomic E-state index is 0.713. The van der Waals surface area contributed by atoms with Crippen LogP contribution in [0.4, 0.5) is 0 Å². The van der Waals surface area contributed by atoms with Gasteiger partial charge in [-0.3, -0.25) is 0 Å². The molecule has 94 valence electrons. The van der Waals surface area contributed by atoms with E-state index in [0.29, 0.717) is 5.41 Å². The van der Waals surface area contributed by atoms with E-state index in [-0.39, 0.29) is 0 Å². The quantitative estimate of drug-likeness (QED) is 0.701. The molecular formula is C13H27N3. The standard InChI is InChI=1S/C13H27N3/c1-14-7-2-10-16-11-5-13(6-12-16)3-8-15-9-4-13/h14-15H,2-12H2,1H3. The van der Waals surface area contributed by atoms with E-state index in [4.69, 9.17) is 0 Å². The number of nitrogens with zero attached hydrogens (tertiary/aromatic N) is 1. The first-order valence-electron chi connectivity index (χ1n) is 6.92. The molecule has 2 rings (SSSR count). The van der Waals surface area contributed by atoms with E-state index in [1.165, 1.54) is 64.8 Å². The van der Waals surface area contributed by atoms with Crippen molar-refractivity contribution < 1.29 is 0 Å². The molecule has 0 unspecified atom stereocenters. The van der Waals surface area contributed by atoms with Crippen LogP contribution in [-0.2, 0) is 0 Å². The second kappa shape index (κ2) is 5.99. The summed E-state index contributed by atoms with van der Waals surface area (Å²) in [6.07, 6.45) is 7.00. The Morgan fingerprint density at radius 2 is 1.81 bits per heavy atom. The minimum Gasteiger partial charge on any atom is -0.320 e. The number of piperidine rings is 2. The zero-order valence-corrected chi connectivity index (χ0v) is 10.7. The summed E-state index contributed by atoms with van der Waals surface area (Å²) >= 11 is 0. The lowest BCUT2D eigenvalue weighted by molar-refractivity contribution is 0.0735. The summed E-state index contributed by atoms with van der Waals surface area (Å²) < 4.78 is 0. The Labute approximate surface area is 100.0 Å². The van der Waals surface area contributed by atoms with Crippen LogP contribution < -0.4 is 10.6 Å². The van der Waals surface area contributed by atoms with Crippen LogP contribution in [0.2, 0.25) is 0 Å². The summed E-state index contributed by atoms with van der Waals surface area (Å²) in [6.45, 7) is 7.62. The van der Waals surface area contributed by atoms with Crippen LogP contribution in [0, 0.1) is 5.41 Å². The van der Waals surface area contributed by atoms with Crippen LogP contribution in [-0.4, -0.2) is 51.2 Å². The van der Waals surface area contributed by atoms with Gasteiger partial charge in [0, 0.05) is 0 Å². The molecular weight excluding hydrogens is 198 g/mol. The molecule has 2 N–H and O–H groups in total. The van der Waals surface area contributed by atoms with E-state index < -0.39 is 0 Å². The Kier molecular flexibility index (Phi) is 4.62. The van der Waals surface area contributed by atoms with Gasteiger partial charge in [-0.2, -0.15) is 0 Å². The predicted molar refractivity (Wildman–Crippen MR) is 68.8 cm³/mol. The van der Waals surface area contributed by atoms with E-state index in [1.807, 2.05) is 7.05 Å². The van der Waals surface area contributed by atoms with Gasteiger partial charge < -0.3 is 15.5 Å². The molecule has 0 saturated carbocycles. The number of likely N-dealkylation sites (tertiary alicyclic amines) is 1. The maximum Gasteiger partial charge on any atom is -0.000663 e. The summed E-state index contributed by atoms with van der Waals surface area (Å²) in [5.41, 5.74) is 0.713. The van der Waals surface area contributed by atoms with Crippen molar-refractivity contribution >= 4 is 0 Å². The fourth-order valence-electron chi connectivity index (χ4n) is 3.19. The van der Waals surface area contributed by atoms with Crippen LogP contribution in [0.15, 0.2) is 0 Å². The lowest BCUT2D eigenvalue weighted by Crippen LogP contribution is -2.45. The van der Waals surface area contributed by atoms with Gasteiger partial charge in [0.15, 0.2) is 0 Å². The fraction of sp³-hybridized carbons (Fsp3) is 1.00. The van der Waals surface area contributed by atoms with Crippen molar-refractivity contribution in [2.75, 3.05) is 46.3 Å². The molecule has 0 aromatic heterocycles. The van der Waals surface area contributed by atoms with Crippen molar-refractivity contribution in [1.29, 1.82) is 0 Å². The van der Waals surface area contributed by atoms with Gasteiger partial charge in [-0.1, -0.05) is 0 Å². The van der Waals surface area contributed by atoms with Gasteiger partial charge in [-0.25, -0.2) is 0 Å². The molecule has 2 saturated heterocycles. The second-order valence-electron chi connectivity index (χ2n) is 5.55. The summed E-state index contributed by atoms with van der Waals surface area (Å²) in [5, 5.41) is 6.72. The molecule has 2 fully saturated rings. The second-order valence-corrected chi connectivity index (χ2v) is 5.55. The zero-order chi connectivity index (χ0) is 11.3. The van der Waals surface area contributed by atoms with Gasteiger partial charge in [-0.05, 0) is 83.8 Å². The molecule has 3 nitrogen and oxygen atoms in total. The largest absolute Gasteiger partial charge is 0.320 e. The molecule has 0 radical (unpaired) electrons. The normalized spacial score (nSPS) is 26.1. The highest BCUT2D eigenvalue weighted by atomic mass is 15.1. The van der Waals surface area contributed by atoms with Gasteiger partial charge in [0.25, 0.3) is 0 Å². The molecule has 0 aromatic rings. The van der Waals surface area contributed by atoms with E-state index in [9.17, 15) is 0 Å². The highest BCUT2D eigenvalue weighted by Crippen LogP contribution is 2.39. The third-order valence-electron chi connectivity index (χ3n) is 4.48. The third kappa shape index (κ3) is 3.19. The first-order chi connectivity index (χ1) is 7.85. The molecule has 1 spiro atoms. The van der Waals surface area contributed by atoms with Crippen molar-refractivity contribution in [3.05, 3.63) is 0 Å². The van der Waals surface area contributed by atoms with Crippen LogP contribution in [0.25, 0.3) is 0 Å². The molecule has 0 aliphatic carbocycles. The molecule has 2 heterocycles. The third-order valence-corrected chi connectivity index (χ3v) is 4.48. The van der Waals surface area contributed by atoms with Gasteiger partial charge >= 0.3 is 0 Å². The monoisotopic (exact) mass is 225 g/mol. The summed E-state index contributed by atoms with van der Waals surface area (Å²) in [4.78, 5) is 2.66. The molecule has 0 bridgehead atoms. The Morgan fingerprint density at radius 1 is 1.12 bits per heavy atom. The van der Waals surface area contributed by atoms with E-state index in [1.54, 1.807) is 0 Å². The Hall–Kier alpha value is -0.120. The lowest BCUT2D eigenvalue weighted by atomic mass is 9.71. The van der Waals surface area contributed by atoms with Gasteiger partial charge in [-0.15, -0.1) is 0 Å². The number of hydrogen-bond donors (Lipinski definition) is 2. The van der Waals surface area contributed by atoms with Crippen molar-refractivity contribution in [2.24, 2.45) is 5.41 Å². The smallest absolute Gasteiger partial charge is 0.000663 e. The predicted octanol–water partition coefficient (Wildman–Crippen LogP) is 1.06. The van der Waals surface area contributed by atoms with E-state index in [0.717, 1.165) is 6.54 Å². The highest BCUT2D eigenvalue weighted by Gasteiger charge is 2.35. The Balaban J connectivity index is 1.69.